The van der Waals surface area contributed by atoms with Crippen molar-refractivity contribution in [1.82, 2.24) is 9.55 Å². The van der Waals surface area contributed by atoms with E-state index in [9.17, 15) is 18.5 Å². The molecule has 37 heavy (non-hydrogen) atoms. The fourth-order valence-electron chi connectivity index (χ4n) is 3.72. The molecule has 0 amide bonds. The number of aromatic nitrogens is 2. The van der Waals surface area contributed by atoms with Gasteiger partial charge in [0.1, 0.15) is 24.1 Å². The van der Waals surface area contributed by atoms with Crippen LogP contribution in [0.1, 0.15) is 25.5 Å². The van der Waals surface area contributed by atoms with Crippen LogP contribution in [0.5, 0.6) is 0 Å². The number of pyridine rings is 1. The van der Waals surface area contributed by atoms with E-state index in [-0.39, 0.29) is 32.9 Å². The van der Waals surface area contributed by atoms with Crippen LogP contribution in [0.2, 0.25) is 10.0 Å². The summed E-state index contributed by atoms with van der Waals surface area (Å²) in [7, 11) is -4.24. The van der Waals surface area contributed by atoms with Crippen molar-refractivity contribution < 1.29 is 17.9 Å². The average molecular weight is 557 g/mol. The normalized spacial score (nSPS) is 11.3. The van der Waals surface area contributed by atoms with Gasteiger partial charge in [0.2, 0.25) is 0 Å². The number of fused-ring (bicyclic) bond motifs is 1. The number of benzene rings is 2. The summed E-state index contributed by atoms with van der Waals surface area (Å²) in [4.78, 5) is 16.8. The largest absolute Gasteiger partial charge is 0.464 e. The van der Waals surface area contributed by atoms with Crippen LogP contribution in [-0.4, -0.2) is 37.1 Å². The minimum atomic E-state index is -4.24. The summed E-state index contributed by atoms with van der Waals surface area (Å²) in [6, 6.07) is 17.9. The third kappa shape index (κ3) is 5.88. The van der Waals surface area contributed by atoms with Crippen molar-refractivity contribution >= 4 is 55.8 Å². The first-order valence-electron chi connectivity index (χ1n) is 11.4. The first-order chi connectivity index (χ1) is 17.7. The third-order valence-corrected chi connectivity index (χ3v) is 7.70. The monoisotopic (exact) mass is 556 g/mol. The first-order valence-corrected chi connectivity index (χ1v) is 13.6. The molecular formula is C26H22Cl2N4O4S. The van der Waals surface area contributed by atoms with Crippen molar-refractivity contribution in [2.45, 2.75) is 24.7 Å². The quantitative estimate of drug-likeness (QED) is 0.192. The lowest BCUT2D eigenvalue weighted by atomic mass is 10.2. The minimum absolute atomic E-state index is 0.149. The Morgan fingerprint density at radius 1 is 1.11 bits per heavy atom. The van der Waals surface area contributed by atoms with Gasteiger partial charge in [-0.1, -0.05) is 42.6 Å². The third-order valence-electron chi connectivity index (χ3n) is 5.52. The SMILES string of the molecule is CCCCOC(=O)CN(c1ccc2c(ccn2-c2cccc(C#N)n2)c1)S(=O)(=O)c1cc(Cl)cc(Cl)c1. The number of nitrogens with zero attached hydrogens (tertiary/aromatic N) is 4. The van der Waals surface area contributed by atoms with Crippen molar-refractivity contribution in [2.24, 2.45) is 0 Å². The molecule has 2 aromatic heterocycles. The maximum Gasteiger partial charge on any atom is 0.326 e. The van der Waals surface area contributed by atoms with Crippen molar-refractivity contribution in [3.05, 3.63) is 82.6 Å². The van der Waals surface area contributed by atoms with Crippen molar-refractivity contribution in [2.75, 3.05) is 17.5 Å². The number of sulfonamides is 1. The molecule has 0 spiro atoms. The highest BCUT2D eigenvalue weighted by atomic mass is 35.5. The molecule has 190 valence electrons. The molecular weight excluding hydrogens is 535 g/mol. The van der Waals surface area contributed by atoms with Crippen LogP contribution in [0.25, 0.3) is 16.7 Å². The fraction of sp³-hybridized carbons (Fsp3) is 0.192. The zero-order chi connectivity index (χ0) is 26.6. The van der Waals surface area contributed by atoms with E-state index >= 15 is 0 Å². The highest BCUT2D eigenvalue weighted by molar-refractivity contribution is 7.92. The molecule has 0 atom stereocenters. The van der Waals surface area contributed by atoms with E-state index in [1.165, 1.54) is 18.2 Å². The second kappa shape index (κ2) is 11.2. The Labute approximate surface area is 224 Å². The number of nitriles is 1. The van der Waals surface area contributed by atoms with Gasteiger partial charge in [0, 0.05) is 21.6 Å². The van der Waals surface area contributed by atoms with Crippen molar-refractivity contribution in [1.29, 1.82) is 5.26 Å². The number of halogens is 2. The molecule has 0 aliphatic carbocycles. The molecule has 0 saturated heterocycles. The number of rotatable bonds is 9. The molecule has 11 heteroatoms. The summed E-state index contributed by atoms with van der Waals surface area (Å²) in [6.07, 6.45) is 3.27. The van der Waals surface area contributed by atoms with Crippen LogP contribution >= 0.6 is 23.2 Å². The van der Waals surface area contributed by atoms with Crippen LogP contribution < -0.4 is 4.31 Å². The molecule has 0 radical (unpaired) electrons. The Hall–Kier alpha value is -3.58. The molecule has 0 unspecified atom stereocenters. The van der Waals surface area contributed by atoms with Gasteiger partial charge in [0.05, 0.1) is 22.7 Å². The lowest BCUT2D eigenvalue weighted by Crippen LogP contribution is -2.36. The van der Waals surface area contributed by atoms with E-state index in [1.807, 2.05) is 13.0 Å². The minimum Gasteiger partial charge on any atom is -0.464 e. The van der Waals surface area contributed by atoms with Gasteiger partial charge in [-0.2, -0.15) is 5.26 Å². The number of ether oxygens (including phenoxy) is 1. The second-order valence-corrected chi connectivity index (χ2v) is 10.8. The molecule has 4 aromatic rings. The number of carbonyl (C=O) groups is 1. The van der Waals surface area contributed by atoms with Crippen molar-refractivity contribution in [3.8, 4) is 11.9 Å². The Morgan fingerprint density at radius 3 is 2.57 bits per heavy atom. The Balaban J connectivity index is 1.77. The summed E-state index contributed by atoms with van der Waals surface area (Å²) in [5, 5.41) is 10.2. The van der Waals surface area contributed by atoms with E-state index in [2.05, 4.69) is 4.98 Å². The van der Waals surface area contributed by atoms with Crippen LogP contribution in [0.15, 0.2) is 71.8 Å². The molecule has 8 nitrogen and oxygen atoms in total. The smallest absolute Gasteiger partial charge is 0.326 e. The van der Waals surface area contributed by atoms with E-state index in [0.717, 1.165) is 16.2 Å². The van der Waals surface area contributed by atoms with E-state index in [1.54, 1.807) is 53.2 Å². The van der Waals surface area contributed by atoms with E-state index in [4.69, 9.17) is 27.9 Å². The lowest BCUT2D eigenvalue weighted by molar-refractivity contribution is -0.141. The average Bonchev–Trinajstić information content (AvgIpc) is 3.30. The summed E-state index contributed by atoms with van der Waals surface area (Å²) in [5.41, 5.74) is 1.27. The topological polar surface area (TPSA) is 105 Å². The predicted molar refractivity (Wildman–Crippen MR) is 143 cm³/mol. The number of hydrogen-bond donors (Lipinski definition) is 0. The zero-order valence-corrected chi connectivity index (χ0v) is 22.1. The molecule has 0 bridgehead atoms. The zero-order valence-electron chi connectivity index (χ0n) is 19.8. The van der Waals surface area contributed by atoms with Crippen LogP contribution in [0, 0.1) is 11.3 Å². The standard InChI is InChI=1S/C26H22Cl2N4O4S/c1-2-3-11-36-26(33)17-32(37(34,35)23-14-19(27)13-20(28)15-23)22-7-8-24-18(12-22)9-10-31(24)25-6-4-5-21(16-29)30-25/h4-10,12-15H,2-3,11,17H2,1H3. The van der Waals surface area contributed by atoms with Gasteiger partial charge in [0.25, 0.3) is 10.0 Å². The fourth-order valence-corrected chi connectivity index (χ4v) is 5.85. The number of unbranched alkanes of at least 4 members (excludes halogenated alkanes) is 1. The van der Waals surface area contributed by atoms with Gasteiger partial charge < -0.3 is 9.30 Å². The summed E-state index contributed by atoms with van der Waals surface area (Å²) < 4.78 is 35.4. The second-order valence-electron chi connectivity index (χ2n) is 8.11. The maximum atomic E-state index is 13.7. The molecule has 0 aliphatic rings. The summed E-state index contributed by atoms with van der Waals surface area (Å²) in [5.74, 6) is -0.139. The number of esters is 1. The molecule has 0 fully saturated rings. The molecule has 2 aromatic carbocycles. The van der Waals surface area contributed by atoms with Gasteiger partial charge in [-0.3, -0.25) is 9.10 Å². The number of anilines is 1. The van der Waals surface area contributed by atoms with Crippen LogP contribution in [0.3, 0.4) is 0 Å². The highest BCUT2D eigenvalue weighted by Gasteiger charge is 2.29. The van der Waals surface area contributed by atoms with E-state index < -0.39 is 22.5 Å². The molecule has 0 N–H and O–H groups in total. The molecule has 4 rings (SSSR count). The molecule has 0 aliphatic heterocycles. The highest BCUT2D eigenvalue weighted by Crippen LogP contribution is 2.31. The Kier molecular flexibility index (Phi) is 8.03. The molecule has 2 heterocycles. The van der Waals surface area contributed by atoms with Gasteiger partial charge in [0.15, 0.2) is 0 Å². The van der Waals surface area contributed by atoms with Gasteiger partial charge >= 0.3 is 5.97 Å². The van der Waals surface area contributed by atoms with Crippen molar-refractivity contribution in [3.63, 3.8) is 0 Å². The Morgan fingerprint density at radius 2 is 1.86 bits per heavy atom. The lowest BCUT2D eigenvalue weighted by Gasteiger charge is -2.24. The van der Waals surface area contributed by atoms with Crippen LogP contribution in [0.4, 0.5) is 5.69 Å². The predicted octanol–water partition coefficient (Wildman–Crippen LogP) is 5.74. The van der Waals surface area contributed by atoms with Gasteiger partial charge in [-0.25, -0.2) is 13.4 Å². The van der Waals surface area contributed by atoms with Gasteiger partial charge in [-0.15, -0.1) is 0 Å². The number of carbonyl (C=O) groups excluding carboxylic acids is 1. The van der Waals surface area contributed by atoms with E-state index in [0.29, 0.717) is 17.6 Å². The summed E-state index contributed by atoms with van der Waals surface area (Å²) >= 11 is 12.1. The number of hydrogen-bond acceptors (Lipinski definition) is 6. The van der Waals surface area contributed by atoms with Crippen LogP contribution in [-0.2, 0) is 19.6 Å². The molecule has 0 saturated carbocycles. The van der Waals surface area contributed by atoms with Gasteiger partial charge in [-0.05, 0) is 61.0 Å². The maximum absolute atomic E-state index is 13.7. The summed E-state index contributed by atoms with van der Waals surface area (Å²) in [6.45, 7) is 1.62. The first kappa shape index (κ1) is 26.5. The Bertz CT molecular complexity index is 1590.